The summed E-state index contributed by atoms with van der Waals surface area (Å²) in [5, 5.41) is 13.5. The molecule has 1 atom stereocenters. The predicted molar refractivity (Wildman–Crippen MR) is 64.7 cm³/mol. The lowest BCUT2D eigenvalue weighted by Gasteiger charge is -2.14. The fourth-order valence-corrected chi connectivity index (χ4v) is 1.94. The van der Waals surface area contributed by atoms with Gasteiger partial charge in [0.2, 0.25) is 5.60 Å². The summed E-state index contributed by atoms with van der Waals surface area (Å²) >= 11 is 11.9. The van der Waals surface area contributed by atoms with E-state index in [1.807, 2.05) is 0 Å². The van der Waals surface area contributed by atoms with E-state index in [0.29, 0.717) is 21.3 Å². The van der Waals surface area contributed by atoms with Crippen molar-refractivity contribution in [3.63, 3.8) is 0 Å². The van der Waals surface area contributed by atoms with Crippen LogP contribution in [0.15, 0.2) is 23.4 Å². The number of nitrogens with zero attached hydrogens (tertiary/aromatic N) is 1. The van der Waals surface area contributed by atoms with E-state index in [2.05, 4.69) is 5.16 Å². The van der Waals surface area contributed by atoms with E-state index in [4.69, 9.17) is 33.1 Å². The highest BCUT2D eigenvalue weighted by molar-refractivity contribution is 6.44. The highest BCUT2D eigenvalue weighted by atomic mass is 35.5. The second kappa shape index (κ2) is 4.20. The molecule has 2 rings (SSSR count). The Bertz CT molecular complexity index is 515. The van der Waals surface area contributed by atoms with Crippen LogP contribution in [0, 0.1) is 0 Å². The van der Waals surface area contributed by atoms with Crippen LogP contribution in [0.1, 0.15) is 18.9 Å². The smallest absolute Gasteiger partial charge is 0.351 e. The molecule has 1 aromatic rings. The minimum atomic E-state index is -1.33. The Balaban J connectivity index is 2.33. The monoisotopic (exact) mass is 273 g/mol. The molecule has 0 saturated carbocycles. The zero-order valence-electron chi connectivity index (χ0n) is 8.91. The summed E-state index contributed by atoms with van der Waals surface area (Å²) < 4.78 is 0. The van der Waals surface area contributed by atoms with E-state index >= 15 is 0 Å². The molecule has 0 radical (unpaired) electrons. The molecule has 90 valence electrons. The Morgan fingerprint density at radius 1 is 1.53 bits per heavy atom. The lowest BCUT2D eigenvalue weighted by atomic mass is 9.96. The predicted octanol–water partition coefficient (Wildman–Crippen LogP) is 2.96. The second-order valence-electron chi connectivity index (χ2n) is 3.94. The summed E-state index contributed by atoms with van der Waals surface area (Å²) in [4.78, 5) is 15.9. The Morgan fingerprint density at radius 2 is 2.24 bits per heavy atom. The first-order valence-electron chi connectivity index (χ1n) is 4.87. The fraction of sp³-hybridized carbons (Fsp3) is 0.273. The maximum absolute atomic E-state index is 11.0. The molecule has 4 nitrogen and oxygen atoms in total. The van der Waals surface area contributed by atoms with Crippen molar-refractivity contribution in [2.24, 2.45) is 5.16 Å². The topological polar surface area (TPSA) is 58.9 Å². The number of hydrogen-bond donors (Lipinski definition) is 1. The molecule has 0 amide bonds. The zero-order valence-corrected chi connectivity index (χ0v) is 10.4. The molecule has 1 aliphatic rings. The van der Waals surface area contributed by atoms with Crippen molar-refractivity contribution >= 4 is 34.9 Å². The third-order valence-electron chi connectivity index (χ3n) is 2.58. The average molecular weight is 274 g/mol. The van der Waals surface area contributed by atoms with Crippen molar-refractivity contribution in [2.75, 3.05) is 0 Å². The molecule has 1 unspecified atom stereocenters. The van der Waals surface area contributed by atoms with Gasteiger partial charge in [0.15, 0.2) is 0 Å². The van der Waals surface area contributed by atoms with E-state index in [1.54, 1.807) is 18.2 Å². The largest absolute Gasteiger partial charge is 0.478 e. The van der Waals surface area contributed by atoms with Crippen LogP contribution in [0.2, 0.25) is 10.0 Å². The normalized spacial score (nSPS) is 23.1. The molecule has 0 fully saturated rings. The number of halogens is 2. The molecule has 1 aliphatic heterocycles. The number of hydrogen-bond acceptors (Lipinski definition) is 3. The van der Waals surface area contributed by atoms with Gasteiger partial charge in [0.1, 0.15) is 0 Å². The Hall–Kier alpha value is -1.26. The highest BCUT2D eigenvalue weighted by Crippen LogP contribution is 2.32. The number of carbonyl (C=O) groups is 1. The van der Waals surface area contributed by atoms with Gasteiger partial charge >= 0.3 is 5.97 Å². The fourth-order valence-electron chi connectivity index (χ4n) is 1.53. The zero-order chi connectivity index (χ0) is 12.6. The van der Waals surface area contributed by atoms with Gasteiger partial charge in [-0.15, -0.1) is 0 Å². The molecule has 0 aromatic heterocycles. The van der Waals surface area contributed by atoms with Gasteiger partial charge in [-0.3, -0.25) is 0 Å². The maximum Gasteiger partial charge on any atom is 0.351 e. The van der Waals surface area contributed by atoms with Gasteiger partial charge in [-0.25, -0.2) is 4.79 Å². The van der Waals surface area contributed by atoms with Crippen LogP contribution in [0.5, 0.6) is 0 Å². The molecule has 17 heavy (non-hydrogen) atoms. The maximum atomic E-state index is 11.0. The van der Waals surface area contributed by atoms with Crippen molar-refractivity contribution < 1.29 is 14.7 Å². The Labute approximate surface area is 108 Å². The van der Waals surface area contributed by atoms with Crippen molar-refractivity contribution in [2.45, 2.75) is 18.9 Å². The minimum Gasteiger partial charge on any atom is -0.478 e. The van der Waals surface area contributed by atoms with Crippen LogP contribution in [-0.2, 0) is 9.63 Å². The summed E-state index contributed by atoms with van der Waals surface area (Å²) in [6.45, 7) is 1.46. The quantitative estimate of drug-likeness (QED) is 0.901. The van der Waals surface area contributed by atoms with Crippen LogP contribution in [-0.4, -0.2) is 22.4 Å². The SMILES string of the molecule is CC1(C(=O)O)CC(c2cccc(Cl)c2Cl)=NO1. The van der Waals surface area contributed by atoms with Gasteiger partial charge in [-0.05, 0) is 13.0 Å². The summed E-state index contributed by atoms with van der Waals surface area (Å²) in [7, 11) is 0. The van der Waals surface area contributed by atoms with Gasteiger partial charge in [0.05, 0.1) is 15.8 Å². The Morgan fingerprint density at radius 3 is 2.82 bits per heavy atom. The van der Waals surface area contributed by atoms with E-state index < -0.39 is 11.6 Å². The first-order chi connectivity index (χ1) is 7.94. The lowest BCUT2D eigenvalue weighted by Crippen LogP contribution is -2.35. The van der Waals surface area contributed by atoms with Gasteiger partial charge in [0, 0.05) is 12.0 Å². The molecular formula is C11H9Cl2NO3. The van der Waals surface area contributed by atoms with Crippen LogP contribution in [0.25, 0.3) is 0 Å². The first-order valence-corrected chi connectivity index (χ1v) is 5.62. The number of carboxylic acid groups (broad SMARTS) is 1. The standard InChI is InChI=1S/C11H9Cl2NO3/c1-11(10(15)16)5-8(14-17-11)6-3-2-4-7(12)9(6)13/h2-4H,5H2,1H3,(H,15,16). The number of rotatable bonds is 2. The van der Waals surface area contributed by atoms with E-state index in [0.717, 1.165) is 0 Å². The van der Waals surface area contributed by atoms with E-state index in [1.165, 1.54) is 6.92 Å². The van der Waals surface area contributed by atoms with Gasteiger partial charge < -0.3 is 9.94 Å². The van der Waals surface area contributed by atoms with E-state index in [-0.39, 0.29) is 6.42 Å². The molecule has 0 aliphatic carbocycles. The van der Waals surface area contributed by atoms with Crippen molar-refractivity contribution in [3.8, 4) is 0 Å². The lowest BCUT2D eigenvalue weighted by molar-refractivity contribution is -0.160. The van der Waals surface area contributed by atoms with Crippen LogP contribution in [0.3, 0.4) is 0 Å². The van der Waals surface area contributed by atoms with Crippen LogP contribution in [0.4, 0.5) is 0 Å². The summed E-state index contributed by atoms with van der Waals surface area (Å²) in [5.41, 5.74) is -0.243. The van der Waals surface area contributed by atoms with Gasteiger partial charge in [-0.2, -0.15) is 0 Å². The molecule has 0 saturated heterocycles. The van der Waals surface area contributed by atoms with Gasteiger partial charge in [0.25, 0.3) is 0 Å². The van der Waals surface area contributed by atoms with Crippen molar-refractivity contribution in [3.05, 3.63) is 33.8 Å². The molecule has 0 bridgehead atoms. The highest BCUT2D eigenvalue weighted by Gasteiger charge is 2.42. The average Bonchev–Trinajstić information content (AvgIpc) is 2.66. The summed E-state index contributed by atoms with van der Waals surface area (Å²) in [6, 6.07) is 5.10. The first kappa shape index (κ1) is 12.2. The van der Waals surface area contributed by atoms with Crippen LogP contribution >= 0.6 is 23.2 Å². The van der Waals surface area contributed by atoms with Crippen molar-refractivity contribution in [1.82, 2.24) is 0 Å². The number of benzene rings is 1. The summed E-state index contributed by atoms with van der Waals surface area (Å²) in [6.07, 6.45) is 0.155. The summed E-state index contributed by atoms with van der Waals surface area (Å²) in [5.74, 6) is -1.06. The number of oxime groups is 1. The Kier molecular flexibility index (Phi) is 3.02. The molecule has 1 heterocycles. The third-order valence-corrected chi connectivity index (χ3v) is 3.40. The number of aliphatic carboxylic acids is 1. The molecular weight excluding hydrogens is 265 g/mol. The van der Waals surface area contributed by atoms with E-state index in [9.17, 15) is 4.79 Å². The van der Waals surface area contributed by atoms with Crippen molar-refractivity contribution in [1.29, 1.82) is 0 Å². The number of carboxylic acids is 1. The third kappa shape index (κ3) is 2.10. The molecule has 1 N–H and O–H groups in total. The van der Waals surface area contributed by atoms with Crippen LogP contribution < -0.4 is 0 Å². The second-order valence-corrected chi connectivity index (χ2v) is 4.73. The molecule has 1 aromatic carbocycles. The molecule has 6 heteroatoms. The minimum absolute atomic E-state index is 0.155. The molecule has 0 spiro atoms. The van der Waals surface area contributed by atoms with Gasteiger partial charge in [-0.1, -0.05) is 40.5 Å².